The molecule has 1 atom stereocenters. The molecule has 130 valence electrons. The van der Waals surface area contributed by atoms with E-state index in [-0.39, 0.29) is 5.75 Å². The van der Waals surface area contributed by atoms with Gasteiger partial charge in [0.25, 0.3) is 5.91 Å². The van der Waals surface area contributed by atoms with E-state index in [2.05, 4.69) is 15.5 Å². The number of hydrogen-bond acceptors (Lipinski definition) is 6. The predicted octanol–water partition coefficient (Wildman–Crippen LogP) is 1.71. The minimum Gasteiger partial charge on any atom is -0.493 e. The third-order valence-electron chi connectivity index (χ3n) is 3.18. The number of carbonyl (C=O) groups excluding carboxylic acids is 1. The van der Waals surface area contributed by atoms with Gasteiger partial charge in [0.15, 0.2) is 17.6 Å². The fraction of sp³-hybridized carbons (Fsp3) is 0.176. The van der Waals surface area contributed by atoms with Crippen LogP contribution in [0.3, 0.4) is 0 Å². The zero-order valence-electron chi connectivity index (χ0n) is 13.7. The molecule has 2 aromatic rings. The van der Waals surface area contributed by atoms with Crippen LogP contribution in [-0.4, -0.2) is 41.4 Å². The van der Waals surface area contributed by atoms with Crippen molar-refractivity contribution in [2.45, 2.75) is 13.0 Å². The van der Waals surface area contributed by atoms with Gasteiger partial charge in [0.2, 0.25) is 0 Å². The lowest BCUT2D eigenvalue weighted by Crippen LogP contribution is -2.24. The molecule has 0 spiro atoms. The van der Waals surface area contributed by atoms with Crippen molar-refractivity contribution < 1.29 is 24.2 Å². The number of hydrazone groups is 1. The number of para-hydroxylation sites is 1. The maximum atomic E-state index is 11.9. The highest BCUT2D eigenvalue weighted by Crippen LogP contribution is 2.31. The van der Waals surface area contributed by atoms with Crippen LogP contribution in [0.1, 0.15) is 22.8 Å². The van der Waals surface area contributed by atoms with Crippen LogP contribution >= 0.6 is 0 Å². The molecule has 0 aliphatic heterocycles. The quantitative estimate of drug-likeness (QED) is 0.585. The predicted molar refractivity (Wildman–Crippen MR) is 90.0 cm³/mol. The van der Waals surface area contributed by atoms with Gasteiger partial charge in [-0.25, -0.2) is 10.2 Å². The lowest BCUT2D eigenvalue weighted by atomic mass is 10.2. The molecule has 0 unspecified atom stereocenters. The fourth-order valence-corrected chi connectivity index (χ4v) is 1.88. The number of nitrogens with one attached hydrogen (secondary N) is 1. The molecule has 0 aliphatic rings. The molecule has 0 radical (unpaired) electrons. The Labute approximate surface area is 144 Å². The summed E-state index contributed by atoms with van der Waals surface area (Å²) in [5, 5.41) is 12.9. The minimum absolute atomic E-state index is 0.224. The molecule has 8 heteroatoms. The Bertz CT molecular complexity index is 777. The average molecular weight is 343 g/mol. The van der Waals surface area contributed by atoms with Gasteiger partial charge in [0.05, 0.1) is 13.3 Å². The van der Waals surface area contributed by atoms with Crippen molar-refractivity contribution in [2.24, 2.45) is 5.10 Å². The summed E-state index contributed by atoms with van der Waals surface area (Å²) >= 11 is 0. The Morgan fingerprint density at radius 3 is 2.64 bits per heavy atom. The van der Waals surface area contributed by atoms with Crippen molar-refractivity contribution in [3.63, 3.8) is 0 Å². The number of carboxylic acids is 1. The van der Waals surface area contributed by atoms with Crippen molar-refractivity contribution in [2.75, 3.05) is 7.11 Å². The van der Waals surface area contributed by atoms with Crippen molar-refractivity contribution in [3.8, 4) is 11.5 Å². The van der Waals surface area contributed by atoms with Crippen LogP contribution in [0.5, 0.6) is 11.5 Å². The Morgan fingerprint density at radius 1 is 1.28 bits per heavy atom. The highest BCUT2D eigenvalue weighted by atomic mass is 16.5. The summed E-state index contributed by atoms with van der Waals surface area (Å²) in [6.45, 7) is 1.40. The molecular weight excluding hydrogens is 326 g/mol. The molecule has 0 fully saturated rings. The number of amides is 1. The minimum atomic E-state index is -1.11. The molecule has 8 nitrogen and oxygen atoms in total. The van der Waals surface area contributed by atoms with Crippen LogP contribution in [0.15, 0.2) is 47.8 Å². The van der Waals surface area contributed by atoms with Gasteiger partial charge in [-0.3, -0.25) is 9.78 Å². The maximum absolute atomic E-state index is 11.9. The van der Waals surface area contributed by atoms with Crippen molar-refractivity contribution in [1.82, 2.24) is 10.4 Å². The highest BCUT2D eigenvalue weighted by Gasteiger charge is 2.18. The zero-order valence-corrected chi connectivity index (χ0v) is 13.7. The Hall–Kier alpha value is -3.42. The van der Waals surface area contributed by atoms with Gasteiger partial charge >= 0.3 is 5.97 Å². The molecule has 1 heterocycles. The summed E-state index contributed by atoms with van der Waals surface area (Å²) in [5.41, 5.74) is 3.25. The van der Waals surface area contributed by atoms with Gasteiger partial charge in [-0.15, -0.1) is 0 Å². The first-order valence-corrected chi connectivity index (χ1v) is 7.32. The average Bonchev–Trinajstić information content (AvgIpc) is 2.63. The number of ether oxygens (including phenoxy) is 2. The number of aliphatic carboxylic acids is 1. The standard InChI is InChI=1S/C17H17N3O5/c1-11(17(22)23)25-15-13(4-3-5-14(15)24-2)10-19-20-16(21)12-6-8-18-9-7-12/h3-11H,1-2H3,(H,20,21)(H,22,23)/b19-10-/t11-/m0/s1. The van der Waals surface area contributed by atoms with E-state index >= 15 is 0 Å². The van der Waals surface area contributed by atoms with Gasteiger partial charge in [-0.05, 0) is 31.2 Å². The van der Waals surface area contributed by atoms with E-state index in [1.807, 2.05) is 0 Å². The van der Waals surface area contributed by atoms with Gasteiger partial charge in [0.1, 0.15) is 0 Å². The third-order valence-corrected chi connectivity index (χ3v) is 3.18. The second kappa shape index (κ2) is 8.44. The first-order chi connectivity index (χ1) is 12.0. The lowest BCUT2D eigenvalue weighted by molar-refractivity contribution is -0.144. The molecule has 0 saturated carbocycles. The smallest absolute Gasteiger partial charge is 0.344 e. The second-order valence-corrected chi connectivity index (χ2v) is 4.91. The number of aromatic nitrogens is 1. The zero-order chi connectivity index (χ0) is 18.2. The lowest BCUT2D eigenvalue weighted by Gasteiger charge is -2.15. The first-order valence-electron chi connectivity index (χ1n) is 7.32. The number of nitrogens with zero attached hydrogens (tertiary/aromatic N) is 2. The number of carbonyl (C=O) groups is 2. The normalized spacial score (nSPS) is 11.8. The number of hydrogen-bond donors (Lipinski definition) is 2. The van der Waals surface area contributed by atoms with Crippen LogP contribution in [-0.2, 0) is 4.79 Å². The number of rotatable bonds is 7. The molecule has 2 rings (SSSR count). The molecule has 2 N–H and O–H groups in total. The maximum Gasteiger partial charge on any atom is 0.344 e. The topological polar surface area (TPSA) is 110 Å². The summed E-state index contributed by atoms with van der Waals surface area (Å²) in [7, 11) is 1.44. The third kappa shape index (κ3) is 4.77. The Kier molecular flexibility index (Phi) is 6.05. The van der Waals surface area contributed by atoms with Gasteiger partial charge in [-0.1, -0.05) is 6.07 Å². The molecule has 0 bridgehead atoms. The van der Waals surface area contributed by atoms with Crippen LogP contribution in [0, 0.1) is 0 Å². The van der Waals surface area contributed by atoms with E-state index in [0.29, 0.717) is 16.9 Å². The number of pyridine rings is 1. The van der Waals surface area contributed by atoms with Crippen molar-refractivity contribution >= 4 is 18.1 Å². The molecule has 1 aromatic carbocycles. The van der Waals surface area contributed by atoms with E-state index in [4.69, 9.17) is 14.6 Å². The summed E-state index contributed by atoms with van der Waals surface area (Å²) in [5.74, 6) is -0.929. The van der Waals surface area contributed by atoms with E-state index < -0.39 is 18.0 Å². The van der Waals surface area contributed by atoms with Crippen LogP contribution in [0.25, 0.3) is 0 Å². The summed E-state index contributed by atoms with van der Waals surface area (Å²) < 4.78 is 10.6. The van der Waals surface area contributed by atoms with Gasteiger partial charge < -0.3 is 14.6 Å². The van der Waals surface area contributed by atoms with Crippen molar-refractivity contribution in [3.05, 3.63) is 53.9 Å². The second-order valence-electron chi connectivity index (χ2n) is 4.91. The first kappa shape index (κ1) is 17.9. The monoisotopic (exact) mass is 343 g/mol. The van der Waals surface area contributed by atoms with E-state index in [1.165, 1.54) is 32.6 Å². The van der Waals surface area contributed by atoms with Crippen molar-refractivity contribution in [1.29, 1.82) is 0 Å². The summed E-state index contributed by atoms with van der Waals surface area (Å²) in [6.07, 6.45) is 3.28. The van der Waals surface area contributed by atoms with E-state index in [0.717, 1.165) is 0 Å². The summed E-state index contributed by atoms with van der Waals surface area (Å²) in [4.78, 5) is 26.8. The van der Waals surface area contributed by atoms with Crippen LogP contribution in [0.2, 0.25) is 0 Å². The SMILES string of the molecule is COc1cccc(/C=N\NC(=O)c2ccncc2)c1O[C@@H](C)C(=O)O. The number of benzene rings is 1. The molecule has 0 saturated heterocycles. The fourth-order valence-electron chi connectivity index (χ4n) is 1.88. The molecule has 0 aliphatic carbocycles. The van der Waals surface area contributed by atoms with Crippen LogP contribution < -0.4 is 14.9 Å². The molecule has 1 amide bonds. The highest BCUT2D eigenvalue weighted by molar-refractivity contribution is 5.95. The largest absolute Gasteiger partial charge is 0.493 e. The molecule has 1 aromatic heterocycles. The Balaban J connectivity index is 2.18. The van der Waals surface area contributed by atoms with E-state index in [1.54, 1.807) is 30.3 Å². The molecule has 25 heavy (non-hydrogen) atoms. The molecular formula is C17H17N3O5. The number of methoxy groups -OCH3 is 1. The van der Waals surface area contributed by atoms with E-state index in [9.17, 15) is 9.59 Å². The Morgan fingerprint density at radius 2 is 2.00 bits per heavy atom. The summed E-state index contributed by atoms with van der Waals surface area (Å²) in [6, 6.07) is 8.10. The van der Waals surface area contributed by atoms with Crippen LogP contribution in [0.4, 0.5) is 0 Å². The van der Waals surface area contributed by atoms with Gasteiger partial charge in [-0.2, -0.15) is 5.10 Å². The van der Waals surface area contributed by atoms with Gasteiger partial charge in [0, 0.05) is 23.5 Å². The number of carboxylic acid groups (broad SMARTS) is 1.